The molecule has 0 fully saturated rings. The Bertz CT molecular complexity index is 1160. The second-order valence-electron chi connectivity index (χ2n) is 5.81. The summed E-state index contributed by atoms with van der Waals surface area (Å²) in [6.07, 6.45) is 0. The van der Waals surface area contributed by atoms with E-state index in [0.29, 0.717) is 20.8 Å². The summed E-state index contributed by atoms with van der Waals surface area (Å²) in [7, 11) is 0. The molecule has 0 amide bonds. The lowest BCUT2D eigenvalue weighted by atomic mass is 10.1. The lowest BCUT2D eigenvalue weighted by molar-refractivity contribution is -0.139. The van der Waals surface area contributed by atoms with Crippen LogP contribution in [0.5, 0.6) is 0 Å². The van der Waals surface area contributed by atoms with Crippen molar-refractivity contribution in [2.75, 3.05) is 0 Å². The highest BCUT2D eigenvalue weighted by molar-refractivity contribution is 7.22. The van der Waals surface area contributed by atoms with Gasteiger partial charge in [0.15, 0.2) is 17.8 Å². The van der Waals surface area contributed by atoms with E-state index in [2.05, 4.69) is 10.3 Å². The predicted molar refractivity (Wildman–Crippen MR) is 111 cm³/mol. The average molecular weight is 433 g/mol. The molecule has 7 nitrogen and oxygen atoms in total. The maximum absolute atomic E-state index is 11.8. The van der Waals surface area contributed by atoms with Gasteiger partial charge >= 0.3 is 5.97 Å². The number of carbonyl (C=O) groups is 1. The van der Waals surface area contributed by atoms with E-state index >= 15 is 0 Å². The van der Waals surface area contributed by atoms with E-state index in [1.807, 2.05) is 30.3 Å². The van der Waals surface area contributed by atoms with Gasteiger partial charge in [-0.25, -0.2) is 9.78 Å². The third-order valence-corrected chi connectivity index (χ3v) is 6.25. The molecule has 5 N–H and O–H groups in total. The molecule has 0 radical (unpaired) electrons. The molecule has 3 heterocycles. The normalized spacial score (nSPS) is 12.2. The highest BCUT2D eigenvalue weighted by Crippen LogP contribution is 2.40. The number of nitrogens with zero attached hydrogens (tertiary/aromatic N) is 1. The first-order chi connectivity index (χ1) is 13.4. The summed E-state index contributed by atoms with van der Waals surface area (Å²) in [4.78, 5) is 17.8. The number of oxazole rings is 1. The Labute approximate surface area is 171 Å². The first kappa shape index (κ1) is 18.5. The monoisotopic (exact) mass is 432 g/mol. The molecular formula is C18H13ClN4O3S2. The number of carboxylic acids is 1. The Hall–Kier alpha value is -2.88. The van der Waals surface area contributed by atoms with Gasteiger partial charge in [0.1, 0.15) is 5.69 Å². The van der Waals surface area contributed by atoms with Crippen LogP contribution in [0, 0.1) is 5.41 Å². The quantitative estimate of drug-likeness (QED) is 0.271. The number of thiophene rings is 2. The van der Waals surface area contributed by atoms with Gasteiger partial charge in [-0.1, -0.05) is 29.8 Å². The Morgan fingerprint density at radius 1 is 1.25 bits per heavy atom. The maximum Gasteiger partial charge on any atom is 0.334 e. The van der Waals surface area contributed by atoms with Crippen molar-refractivity contribution in [3.63, 3.8) is 0 Å². The van der Waals surface area contributed by atoms with E-state index in [1.165, 1.54) is 22.7 Å². The van der Waals surface area contributed by atoms with Gasteiger partial charge in [0.25, 0.3) is 0 Å². The minimum Gasteiger partial charge on any atom is -0.479 e. The second kappa shape index (κ2) is 7.27. The van der Waals surface area contributed by atoms with E-state index in [0.717, 1.165) is 15.0 Å². The van der Waals surface area contributed by atoms with Gasteiger partial charge in [0.2, 0.25) is 5.89 Å². The second-order valence-corrected chi connectivity index (χ2v) is 8.61. The van der Waals surface area contributed by atoms with Crippen molar-refractivity contribution >= 4 is 56.3 Å². The first-order valence-corrected chi connectivity index (χ1v) is 10.0. The van der Waals surface area contributed by atoms with Crippen LogP contribution in [0.2, 0.25) is 4.34 Å². The summed E-state index contributed by atoms with van der Waals surface area (Å²) in [5.74, 6) is -1.36. The van der Waals surface area contributed by atoms with Gasteiger partial charge in [-0.3, -0.25) is 5.41 Å². The minimum atomic E-state index is -1.36. The van der Waals surface area contributed by atoms with Crippen LogP contribution in [0.1, 0.15) is 11.8 Å². The Balaban J connectivity index is 1.88. The molecule has 3 aromatic heterocycles. The molecule has 142 valence electrons. The van der Waals surface area contributed by atoms with Crippen LogP contribution >= 0.6 is 34.3 Å². The molecule has 1 unspecified atom stereocenters. The van der Waals surface area contributed by atoms with Crippen LogP contribution in [0.3, 0.4) is 0 Å². The highest BCUT2D eigenvalue weighted by atomic mass is 35.5. The van der Waals surface area contributed by atoms with Crippen molar-refractivity contribution in [2.24, 2.45) is 5.73 Å². The minimum absolute atomic E-state index is 0.0636. The van der Waals surface area contributed by atoms with Crippen LogP contribution in [0.4, 0.5) is 0 Å². The summed E-state index contributed by atoms with van der Waals surface area (Å²) in [6.45, 7) is 0. The third-order valence-electron chi connectivity index (χ3n) is 3.91. The van der Waals surface area contributed by atoms with Crippen molar-refractivity contribution in [1.29, 1.82) is 5.41 Å². The van der Waals surface area contributed by atoms with Gasteiger partial charge in [0.05, 0.1) is 14.1 Å². The largest absolute Gasteiger partial charge is 0.479 e. The molecule has 0 saturated heterocycles. The summed E-state index contributed by atoms with van der Waals surface area (Å²) >= 11 is 8.79. The maximum atomic E-state index is 11.8. The van der Waals surface area contributed by atoms with Crippen LogP contribution < -0.4 is 11.1 Å². The van der Waals surface area contributed by atoms with Crippen molar-refractivity contribution < 1.29 is 14.3 Å². The van der Waals surface area contributed by atoms with E-state index < -0.39 is 18.0 Å². The molecule has 4 aromatic rings. The predicted octanol–water partition coefficient (Wildman–Crippen LogP) is 4.55. The molecule has 0 aliphatic rings. The zero-order chi connectivity index (χ0) is 19.8. The summed E-state index contributed by atoms with van der Waals surface area (Å²) in [6, 6.07) is 11.9. The van der Waals surface area contributed by atoms with Crippen LogP contribution in [0.15, 0.2) is 46.9 Å². The molecule has 0 aliphatic carbocycles. The molecule has 28 heavy (non-hydrogen) atoms. The van der Waals surface area contributed by atoms with E-state index in [4.69, 9.17) is 27.2 Å². The molecule has 1 atom stereocenters. The van der Waals surface area contributed by atoms with Gasteiger partial charge in [-0.15, -0.1) is 22.7 Å². The fourth-order valence-electron chi connectivity index (χ4n) is 2.73. The van der Waals surface area contributed by atoms with Gasteiger partial charge < -0.3 is 20.6 Å². The third kappa shape index (κ3) is 3.47. The number of nitrogens with one attached hydrogen (secondary N) is 2. The SMILES string of the molecule is N=C(N)NC(C(=O)O)c1oc(-c2cc3ccccc3s2)nc1-c1ccc(Cl)s1. The molecule has 0 spiro atoms. The van der Waals surface area contributed by atoms with Crippen LogP contribution in [-0.2, 0) is 4.79 Å². The fraction of sp³-hybridized carbons (Fsp3) is 0.0556. The molecule has 0 aliphatic heterocycles. The fourth-order valence-corrected chi connectivity index (χ4v) is 4.76. The van der Waals surface area contributed by atoms with E-state index in [1.54, 1.807) is 12.1 Å². The van der Waals surface area contributed by atoms with E-state index in [-0.39, 0.29) is 5.76 Å². The lowest BCUT2D eigenvalue weighted by Gasteiger charge is -2.12. The Morgan fingerprint density at radius 2 is 2.04 bits per heavy atom. The zero-order valence-corrected chi connectivity index (χ0v) is 16.5. The Kier molecular flexibility index (Phi) is 4.80. The van der Waals surface area contributed by atoms with Crippen molar-refractivity contribution in [1.82, 2.24) is 10.3 Å². The molecule has 4 rings (SSSR count). The van der Waals surface area contributed by atoms with Gasteiger partial charge in [-0.05, 0) is 29.7 Å². The standard InChI is InChI=1S/C18H13ClN4O3S2/c19-12-6-5-10(28-12)13-15(14(17(24)25)23-18(20)21)26-16(22-13)11-7-8-3-1-2-4-9(8)27-11/h1-7,14H,(H,24,25)(H4,20,21,23). The highest BCUT2D eigenvalue weighted by Gasteiger charge is 2.31. The van der Waals surface area contributed by atoms with Gasteiger partial charge in [0, 0.05) is 4.70 Å². The number of rotatable bonds is 5. The number of carboxylic acid groups (broad SMARTS) is 1. The number of nitrogens with two attached hydrogens (primary N) is 1. The van der Waals surface area contributed by atoms with Crippen LogP contribution in [0.25, 0.3) is 31.4 Å². The van der Waals surface area contributed by atoms with Gasteiger partial charge in [-0.2, -0.15) is 0 Å². The number of halogens is 1. The number of aromatic nitrogens is 1. The number of benzene rings is 1. The zero-order valence-electron chi connectivity index (χ0n) is 14.1. The summed E-state index contributed by atoms with van der Waals surface area (Å²) < 4.78 is 7.49. The first-order valence-electron chi connectivity index (χ1n) is 8.01. The van der Waals surface area contributed by atoms with Crippen molar-refractivity contribution in [3.8, 4) is 21.3 Å². The topological polar surface area (TPSA) is 125 Å². The smallest absolute Gasteiger partial charge is 0.334 e. The molecule has 10 heteroatoms. The van der Waals surface area contributed by atoms with Crippen molar-refractivity contribution in [2.45, 2.75) is 6.04 Å². The lowest BCUT2D eigenvalue weighted by Crippen LogP contribution is -2.37. The van der Waals surface area contributed by atoms with Crippen molar-refractivity contribution in [3.05, 3.63) is 52.6 Å². The number of fused-ring (bicyclic) bond motifs is 1. The summed E-state index contributed by atoms with van der Waals surface area (Å²) in [5.41, 5.74) is 5.71. The number of guanidine groups is 1. The number of hydrogen-bond acceptors (Lipinski definition) is 6. The molecule has 1 aromatic carbocycles. The molecular weight excluding hydrogens is 420 g/mol. The number of aliphatic carboxylic acids is 1. The molecule has 0 saturated carbocycles. The molecule has 0 bridgehead atoms. The average Bonchev–Trinajstić information content (AvgIpc) is 3.36. The number of hydrogen-bond donors (Lipinski definition) is 4. The summed E-state index contributed by atoms with van der Waals surface area (Å²) in [5, 5.41) is 20.5. The van der Waals surface area contributed by atoms with Crippen LogP contribution in [-0.4, -0.2) is 22.0 Å². The van der Waals surface area contributed by atoms with E-state index in [9.17, 15) is 9.90 Å². The Morgan fingerprint density at radius 3 is 2.68 bits per heavy atom.